The molecule has 0 aromatic rings. The third-order valence-electron chi connectivity index (χ3n) is 1.39. The van der Waals surface area contributed by atoms with Gasteiger partial charge in [0.25, 0.3) is 0 Å². The molecule has 46 valence electrons. The number of thioether (sulfide) groups is 1. The maximum Gasteiger partial charge on any atom is 0.0203 e. The molecule has 1 heteroatoms. The van der Waals surface area contributed by atoms with Gasteiger partial charge in [-0.2, -0.15) is 11.8 Å². The van der Waals surface area contributed by atoms with Crippen molar-refractivity contribution in [2.24, 2.45) is 0 Å². The number of hydrogen-bond donors (Lipinski definition) is 0. The molecule has 1 heterocycles. The Kier molecular flexibility index (Phi) is 1.66. The van der Waals surface area contributed by atoms with E-state index < -0.39 is 0 Å². The van der Waals surface area contributed by atoms with Crippen LogP contribution in [0.4, 0.5) is 0 Å². The summed E-state index contributed by atoms with van der Waals surface area (Å²) in [6.45, 7) is 8.24. The summed E-state index contributed by atoms with van der Waals surface area (Å²) >= 11 is 2.06. The van der Waals surface area contributed by atoms with Gasteiger partial charge in [0.2, 0.25) is 0 Å². The third-order valence-corrected chi connectivity index (χ3v) is 2.75. The molecule has 0 nitrogen and oxygen atoms in total. The van der Waals surface area contributed by atoms with Crippen LogP contribution in [0, 0.1) is 0 Å². The zero-order valence-electron chi connectivity index (χ0n) is 5.48. The molecule has 0 aromatic heterocycles. The van der Waals surface area contributed by atoms with Crippen LogP contribution in [0.1, 0.15) is 20.3 Å². The maximum absolute atomic E-state index is 3.86. The van der Waals surface area contributed by atoms with Gasteiger partial charge in [-0.15, -0.1) is 6.58 Å². The molecule has 0 amide bonds. The fraction of sp³-hybridized carbons (Fsp3) is 0.714. The van der Waals surface area contributed by atoms with Crippen molar-refractivity contribution in [2.75, 3.05) is 0 Å². The van der Waals surface area contributed by atoms with Crippen LogP contribution in [0.15, 0.2) is 12.2 Å². The molecule has 0 radical (unpaired) electrons. The van der Waals surface area contributed by atoms with Gasteiger partial charge in [0.15, 0.2) is 0 Å². The van der Waals surface area contributed by atoms with Gasteiger partial charge in [0.05, 0.1) is 0 Å². The van der Waals surface area contributed by atoms with Crippen molar-refractivity contribution in [1.82, 2.24) is 0 Å². The topological polar surface area (TPSA) is 0 Å². The number of hydrogen-bond acceptors (Lipinski definition) is 1. The molecule has 1 saturated heterocycles. The van der Waals surface area contributed by atoms with Crippen LogP contribution >= 0.6 is 11.8 Å². The van der Waals surface area contributed by atoms with Crippen molar-refractivity contribution in [3.8, 4) is 0 Å². The summed E-state index contributed by atoms with van der Waals surface area (Å²) in [4.78, 5) is 0. The Hall–Kier alpha value is 0.0900. The molecule has 1 fully saturated rings. The molecule has 1 aliphatic rings. The highest BCUT2D eigenvalue weighted by Gasteiger charge is 2.32. The summed E-state index contributed by atoms with van der Waals surface area (Å²) in [5, 5.41) is 1.82. The summed E-state index contributed by atoms with van der Waals surface area (Å²) in [5.74, 6) is 0. The Morgan fingerprint density at radius 1 is 1.75 bits per heavy atom. The molecule has 2 atom stereocenters. The van der Waals surface area contributed by atoms with Gasteiger partial charge in [-0.1, -0.05) is 12.5 Å². The molecule has 8 heavy (non-hydrogen) atoms. The predicted octanol–water partition coefficient (Wildman–Crippen LogP) is 2.46. The van der Waals surface area contributed by atoms with Gasteiger partial charge < -0.3 is 0 Å². The van der Waals surface area contributed by atoms with E-state index in [0.717, 1.165) is 10.5 Å². The second kappa shape index (κ2) is 2.14. The van der Waals surface area contributed by atoms with E-state index in [9.17, 15) is 0 Å². The highest BCUT2D eigenvalue weighted by Crippen LogP contribution is 2.44. The summed E-state index contributed by atoms with van der Waals surface area (Å²) in [6.07, 6.45) is 1.23. The molecule has 1 aliphatic heterocycles. The Morgan fingerprint density at radius 3 is 2.38 bits per heavy atom. The summed E-state index contributed by atoms with van der Waals surface area (Å²) < 4.78 is 0. The van der Waals surface area contributed by atoms with Crippen LogP contribution in [-0.4, -0.2) is 10.5 Å². The fourth-order valence-corrected chi connectivity index (χ4v) is 1.73. The van der Waals surface area contributed by atoms with Crippen LogP contribution in [0.3, 0.4) is 0 Å². The highest BCUT2D eigenvalue weighted by atomic mass is 32.2. The predicted molar refractivity (Wildman–Crippen MR) is 40.3 cm³/mol. The van der Waals surface area contributed by atoms with Crippen molar-refractivity contribution < 1.29 is 0 Å². The van der Waals surface area contributed by atoms with E-state index in [1.807, 2.05) is 0 Å². The SMILES string of the molecule is C=C(C)C[C@@H]1S[C@@H]1C. The minimum atomic E-state index is 0.909. The van der Waals surface area contributed by atoms with Crippen LogP contribution in [-0.2, 0) is 0 Å². The smallest absolute Gasteiger partial charge is 0.0203 e. The van der Waals surface area contributed by atoms with E-state index in [4.69, 9.17) is 0 Å². The number of rotatable bonds is 2. The normalized spacial score (nSPS) is 34.8. The molecule has 0 spiro atoms. The van der Waals surface area contributed by atoms with Crippen molar-refractivity contribution in [2.45, 2.75) is 30.8 Å². The van der Waals surface area contributed by atoms with E-state index in [0.29, 0.717) is 0 Å². The molecular formula is C7H12S. The average molecular weight is 128 g/mol. The van der Waals surface area contributed by atoms with Gasteiger partial charge in [-0.05, 0) is 13.3 Å². The van der Waals surface area contributed by atoms with Gasteiger partial charge in [-0.25, -0.2) is 0 Å². The lowest BCUT2D eigenvalue weighted by Gasteiger charge is -1.90. The quantitative estimate of drug-likeness (QED) is 0.406. The Bertz CT molecular complexity index is 107. The zero-order chi connectivity index (χ0) is 6.15. The van der Waals surface area contributed by atoms with Crippen molar-refractivity contribution in [3.63, 3.8) is 0 Å². The standard InChI is InChI=1S/C7H12S/c1-5(2)4-7-6(3)8-7/h6-7H,1,4H2,2-3H3/t6-,7+/m1/s1. The van der Waals surface area contributed by atoms with E-state index in [2.05, 4.69) is 32.2 Å². The average Bonchev–Trinajstić information content (AvgIpc) is 2.17. The lowest BCUT2D eigenvalue weighted by molar-refractivity contribution is 0.914. The van der Waals surface area contributed by atoms with E-state index in [1.54, 1.807) is 0 Å². The van der Waals surface area contributed by atoms with E-state index >= 15 is 0 Å². The molecule has 0 saturated carbocycles. The maximum atomic E-state index is 3.86. The van der Waals surface area contributed by atoms with Gasteiger partial charge in [0, 0.05) is 10.5 Å². The molecule has 0 bridgehead atoms. The first-order valence-electron chi connectivity index (χ1n) is 3.00. The summed E-state index contributed by atoms with van der Waals surface area (Å²) in [6, 6.07) is 0. The summed E-state index contributed by atoms with van der Waals surface area (Å²) in [5.41, 5.74) is 1.33. The van der Waals surface area contributed by atoms with Crippen molar-refractivity contribution in [3.05, 3.63) is 12.2 Å². The van der Waals surface area contributed by atoms with E-state index in [-0.39, 0.29) is 0 Å². The lowest BCUT2D eigenvalue weighted by atomic mass is 10.2. The first-order chi connectivity index (χ1) is 3.70. The van der Waals surface area contributed by atoms with Crippen molar-refractivity contribution >= 4 is 11.8 Å². The molecule has 0 unspecified atom stereocenters. The minimum absolute atomic E-state index is 0.909. The zero-order valence-corrected chi connectivity index (χ0v) is 6.29. The van der Waals surface area contributed by atoms with Crippen LogP contribution in [0.25, 0.3) is 0 Å². The molecule has 0 N–H and O–H groups in total. The van der Waals surface area contributed by atoms with Crippen LogP contribution < -0.4 is 0 Å². The van der Waals surface area contributed by atoms with Gasteiger partial charge >= 0.3 is 0 Å². The first-order valence-corrected chi connectivity index (χ1v) is 3.94. The van der Waals surface area contributed by atoms with Crippen LogP contribution in [0.2, 0.25) is 0 Å². The Labute approximate surface area is 55.4 Å². The second-order valence-electron chi connectivity index (χ2n) is 2.54. The molecule has 1 rings (SSSR count). The van der Waals surface area contributed by atoms with E-state index in [1.165, 1.54) is 12.0 Å². The first kappa shape index (κ1) is 6.21. The van der Waals surface area contributed by atoms with Gasteiger partial charge in [-0.3, -0.25) is 0 Å². The van der Waals surface area contributed by atoms with Crippen LogP contribution in [0.5, 0.6) is 0 Å². The molecular weight excluding hydrogens is 116 g/mol. The minimum Gasteiger partial charge on any atom is -0.153 e. The highest BCUT2D eigenvalue weighted by molar-refractivity contribution is 8.07. The monoisotopic (exact) mass is 128 g/mol. The molecule has 0 aliphatic carbocycles. The summed E-state index contributed by atoms with van der Waals surface area (Å²) in [7, 11) is 0. The Balaban J connectivity index is 2.14. The third kappa shape index (κ3) is 1.55. The molecule has 0 aromatic carbocycles. The Morgan fingerprint density at radius 2 is 2.25 bits per heavy atom. The second-order valence-corrected chi connectivity index (χ2v) is 4.16. The largest absolute Gasteiger partial charge is 0.153 e. The fourth-order valence-electron chi connectivity index (χ4n) is 0.788. The lowest BCUT2D eigenvalue weighted by Crippen LogP contribution is -1.87. The van der Waals surface area contributed by atoms with Crippen molar-refractivity contribution in [1.29, 1.82) is 0 Å². The van der Waals surface area contributed by atoms with Gasteiger partial charge in [0.1, 0.15) is 0 Å². The number of allylic oxidation sites excluding steroid dienone is 1.